The number of nitrogens with one attached hydrogen (secondary N) is 2. The van der Waals surface area contributed by atoms with E-state index in [0.717, 1.165) is 38.2 Å². The molecule has 2 atom stereocenters. The molecule has 2 aliphatic heterocycles. The summed E-state index contributed by atoms with van der Waals surface area (Å²) in [6.45, 7) is 2.95. The monoisotopic (exact) mass is 762 g/mol. The maximum absolute atomic E-state index is 14.6. The first-order valence-corrected chi connectivity index (χ1v) is 19.3. The Bertz CT molecular complexity index is 2450. The zero-order chi connectivity index (χ0) is 39.5. The molecule has 2 aliphatic rings. The lowest BCUT2D eigenvalue weighted by Gasteiger charge is -2.46. The molecule has 6 aromatic rings. The van der Waals surface area contributed by atoms with Crippen LogP contribution in [0.4, 0.5) is 14.9 Å². The van der Waals surface area contributed by atoms with Crippen molar-refractivity contribution in [2.75, 3.05) is 25.0 Å². The number of nitrogens with zero attached hydrogens (tertiary/aromatic N) is 4. The summed E-state index contributed by atoms with van der Waals surface area (Å²) in [4.78, 5) is 59.2. The third kappa shape index (κ3) is 7.79. The van der Waals surface area contributed by atoms with Gasteiger partial charge < -0.3 is 20.4 Å². The SMILES string of the molecule is CCCN(C(=O)NCc1ccc(F)cc1)N1CC(=O)N2[C@@H](Cc3ccc(NC(=O)c4cccc5ccccc45)cc3)C(=O)N(Cc3cccc4ccccc34)C[C@@H]21. The van der Waals surface area contributed by atoms with Gasteiger partial charge in [0.05, 0.1) is 13.1 Å². The van der Waals surface area contributed by atoms with Crippen LogP contribution in [0.2, 0.25) is 0 Å². The molecule has 2 saturated heterocycles. The minimum atomic E-state index is -0.835. The molecule has 11 heteroatoms. The van der Waals surface area contributed by atoms with E-state index < -0.39 is 12.2 Å². The Labute approximate surface area is 330 Å². The summed E-state index contributed by atoms with van der Waals surface area (Å²) in [5.41, 5.74) is 3.71. The van der Waals surface area contributed by atoms with Crippen LogP contribution in [0.3, 0.4) is 0 Å². The van der Waals surface area contributed by atoms with Crippen molar-refractivity contribution in [3.05, 3.63) is 162 Å². The number of rotatable bonds is 11. The molecule has 0 aliphatic carbocycles. The first-order chi connectivity index (χ1) is 27.8. The number of amides is 5. The molecule has 10 nitrogen and oxygen atoms in total. The van der Waals surface area contributed by atoms with Crippen LogP contribution < -0.4 is 10.6 Å². The predicted molar refractivity (Wildman–Crippen MR) is 218 cm³/mol. The summed E-state index contributed by atoms with van der Waals surface area (Å²) < 4.78 is 13.5. The van der Waals surface area contributed by atoms with E-state index in [-0.39, 0.29) is 55.6 Å². The van der Waals surface area contributed by atoms with Gasteiger partial charge in [-0.2, -0.15) is 5.01 Å². The van der Waals surface area contributed by atoms with Crippen LogP contribution in [0, 0.1) is 5.82 Å². The predicted octanol–water partition coefficient (Wildman–Crippen LogP) is 7.35. The molecule has 0 saturated carbocycles. The first kappa shape index (κ1) is 37.3. The number of hydrogen-bond donors (Lipinski definition) is 2. The quantitative estimate of drug-likeness (QED) is 0.144. The summed E-state index contributed by atoms with van der Waals surface area (Å²) in [6, 6.07) is 39.5. The molecule has 0 radical (unpaired) electrons. The highest BCUT2D eigenvalue weighted by molar-refractivity contribution is 6.13. The van der Waals surface area contributed by atoms with Crippen LogP contribution in [-0.2, 0) is 29.1 Å². The Hall–Kier alpha value is -6.59. The van der Waals surface area contributed by atoms with E-state index in [1.165, 1.54) is 12.1 Å². The number of anilines is 1. The molecule has 0 unspecified atom stereocenters. The lowest BCUT2D eigenvalue weighted by Crippen LogP contribution is -2.66. The fraction of sp³-hybridized carbons (Fsp3) is 0.217. The van der Waals surface area contributed by atoms with Crippen LogP contribution in [0.15, 0.2) is 133 Å². The summed E-state index contributed by atoms with van der Waals surface area (Å²) in [5.74, 6) is -1.00. The number of fused-ring (bicyclic) bond motifs is 3. The van der Waals surface area contributed by atoms with E-state index in [1.807, 2.05) is 110 Å². The van der Waals surface area contributed by atoms with Gasteiger partial charge in [-0.15, -0.1) is 0 Å². The molecule has 5 amide bonds. The van der Waals surface area contributed by atoms with Gasteiger partial charge in [-0.25, -0.2) is 9.18 Å². The second-order valence-corrected chi connectivity index (χ2v) is 14.5. The molecular formula is C46H43FN6O4. The minimum absolute atomic E-state index is 0.0698. The highest BCUT2D eigenvalue weighted by Gasteiger charge is 2.52. The zero-order valence-electron chi connectivity index (χ0n) is 31.6. The molecule has 6 aromatic carbocycles. The van der Waals surface area contributed by atoms with Crippen molar-refractivity contribution in [2.45, 2.75) is 45.1 Å². The van der Waals surface area contributed by atoms with E-state index in [0.29, 0.717) is 30.8 Å². The summed E-state index contributed by atoms with van der Waals surface area (Å²) in [5, 5.41) is 13.2. The van der Waals surface area contributed by atoms with Crippen molar-refractivity contribution in [2.24, 2.45) is 0 Å². The molecule has 0 aromatic heterocycles. The van der Waals surface area contributed by atoms with E-state index in [9.17, 15) is 23.6 Å². The van der Waals surface area contributed by atoms with Gasteiger partial charge in [-0.1, -0.05) is 110 Å². The van der Waals surface area contributed by atoms with Crippen LogP contribution >= 0.6 is 0 Å². The first-order valence-electron chi connectivity index (χ1n) is 19.3. The number of urea groups is 1. The second kappa shape index (κ2) is 16.3. The summed E-state index contributed by atoms with van der Waals surface area (Å²) in [6.07, 6.45) is 0.271. The van der Waals surface area contributed by atoms with Crippen molar-refractivity contribution in [3.8, 4) is 0 Å². The number of piperazine rings is 1. The number of halogens is 1. The van der Waals surface area contributed by atoms with Crippen LogP contribution in [0.1, 0.15) is 40.4 Å². The maximum Gasteiger partial charge on any atom is 0.332 e. The minimum Gasteiger partial charge on any atom is -0.333 e. The molecule has 2 fully saturated rings. The Balaban J connectivity index is 1.06. The van der Waals surface area contributed by atoms with E-state index >= 15 is 0 Å². The van der Waals surface area contributed by atoms with E-state index in [1.54, 1.807) is 38.0 Å². The third-order valence-corrected chi connectivity index (χ3v) is 10.8. The Morgan fingerprint density at radius 2 is 1.42 bits per heavy atom. The molecule has 2 N–H and O–H groups in total. The second-order valence-electron chi connectivity index (χ2n) is 14.5. The van der Waals surface area contributed by atoms with Crippen molar-refractivity contribution >= 4 is 51.0 Å². The Kier molecular flexibility index (Phi) is 10.6. The average Bonchev–Trinajstić information content (AvgIpc) is 3.56. The van der Waals surface area contributed by atoms with Gasteiger partial charge in [-0.05, 0) is 75.0 Å². The smallest absolute Gasteiger partial charge is 0.332 e. The van der Waals surface area contributed by atoms with Gasteiger partial charge in [-0.3, -0.25) is 19.4 Å². The van der Waals surface area contributed by atoms with Gasteiger partial charge in [0.25, 0.3) is 5.91 Å². The molecule has 8 rings (SSSR count). The third-order valence-electron chi connectivity index (χ3n) is 10.8. The number of carbonyl (C=O) groups excluding carboxylic acids is 4. The van der Waals surface area contributed by atoms with Gasteiger partial charge in [0.1, 0.15) is 18.0 Å². The summed E-state index contributed by atoms with van der Waals surface area (Å²) >= 11 is 0. The van der Waals surface area contributed by atoms with E-state index in [2.05, 4.69) is 10.6 Å². The molecule has 0 bridgehead atoms. The Morgan fingerprint density at radius 1 is 0.772 bits per heavy atom. The van der Waals surface area contributed by atoms with Crippen molar-refractivity contribution in [1.82, 2.24) is 25.1 Å². The standard InChI is InChI=1S/C46H43FN6O4/c1-2-25-51(46(57)48-27-32-17-21-36(47)22-18-32)52-30-43(54)53-41(45(56)50(29-42(52)53)28-35-13-7-11-33-9-3-5-14-38(33)35)26-31-19-23-37(24-20-31)49-44(55)40-16-8-12-34-10-4-6-15-39(34)40/h3-24,41-42H,2,25-30H2,1H3,(H,48,57)(H,49,55)/t41-,42+/m0/s1. The lowest BCUT2D eigenvalue weighted by molar-refractivity contribution is -0.157. The van der Waals surface area contributed by atoms with Crippen molar-refractivity contribution < 1.29 is 23.6 Å². The normalized spacial score (nSPS) is 16.9. The van der Waals surface area contributed by atoms with Gasteiger partial charge in [0.15, 0.2) is 0 Å². The lowest BCUT2D eigenvalue weighted by atomic mass is 9.98. The maximum atomic E-state index is 14.6. The van der Waals surface area contributed by atoms with E-state index in [4.69, 9.17) is 0 Å². The Morgan fingerprint density at radius 3 is 2.16 bits per heavy atom. The van der Waals surface area contributed by atoms with Gasteiger partial charge >= 0.3 is 6.03 Å². The molecule has 2 heterocycles. The fourth-order valence-electron chi connectivity index (χ4n) is 8.03. The summed E-state index contributed by atoms with van der Waals surface area (Å²) in [7, 11) is 0. The van der Waals surface area contributed by atoms with Gasteiger partial charge in [0, 0.05) is 37.3 Å². The topological polar surface area (TPSA) is 105 Å². The molecular weight excluding hydrogens is 720 g/mol. The van der Waals surface area contributed by atoms with Crippen molar-refractivity contribution in [1.29, 1.82) is 0 Å². The molecule has 0 spiro atoms. The zero-order valence-corrected chi connectivity index (χ0v) is 31.6. The number of hydrazine groups is 1. The number of hydrogen-bond acceptors (Lipinski definition) is 5. The average molecular weight is 763 g/mol. The van der Waals surface area contributed by atoms with Crippen LogP contribution in [0.5, 0.6) is 0 Å². The molecule has 57 heavy (non-hydrogen) atoms. The fourth-order valence-corrected chi connectivity index (χ4v) is 8.03. The highest BCUT2D eigenvalue weighted by Crippen LogP contribution is 2.32. The molecule has 288 valence electrons. The largest absolute Gasteiger partial charge is 0.333 e. The van der Waals surface area contributed by atoms with Crippen LogP contribution in [0.25, 0.3) is 21.5 Å². The highest BCUT2D eigenvalue weighted by atomic mass is 19.1. The number of benzene rings is 6. The van der Waals surface area contributed by atoms with Gasteiger partial charge in [0.2, 0.25) is 11.8 Å². The van der Waals surface area contributed by atoms with Crippen LogP contribution in [-0.4, -0.2) is 75.4 Å². The van der Waals surface area contributed by atoms with Crippen molar-refractivity contribution in [3.63, 3.8) is 0 Å². The number of carbonyl (C=O) groups is 4.